The maximum absolute atomic E-state index is 12.0. The lowest BCUT2D eigenvalue weighted by Crippen LogP contribution is -2.44. The SMILES string of the molecule is CCC(C)CS(=O)(=O)CC(NC)C(C)(C)C. The molecule has 0 fully saturated rings. The molecule has 0 saturated carbocycles. The van der Waals surface area contributed by atoms with Gasteiger partial charge in [-0.25, -0.2) is 8.42 Å². The minimum Gasteiger partial charge on any atom is -0.315 e. The van der Waals surface area contributed by atoms with Gasteiger partial charge in [-0.3, -0.25) is 0 Å². The molecule has 0 spiro atoms. The van der Waals surface area contributed by atoms with Crippen LogP contribution in [0, 0.1) is 11.3 Å². The second kappa shape index (κ2) is 6.01. The fourth-order valence-electron chi connectivity index (χ4n) is 1.64. The summed E-state index contributed by atoms with van der Waals surface area (Å²) >= 11 is 0. The van der Waals surface area contributed by atoms with Gasteiger partial charge in [-0.1, -0.05) is 41.0 Å². The number of nitrogens with one attached hydrogen (secondary N) is 1. The maximum atomic E-state index is 12.0. The van der Waals surface area contributed by atoms with Gasteiger partial charge in [0.25, 0.3) is 0 Å². The second-order valence-corrected chi connectivity index (χ2v) is 7.95. The summed E-state index contributed by atoms with van der Waals surface area (Å²) in [7, 11) is -1.12. The van der Waals surface area contributed by atoms with Gasteiger partial charge >= 0.3 is 0 Å². The Morgan fingerprint density at radius 3 is 2.00 bits per heavy atom. The van der Waals surface area contributed by atoms with Crippen molar-refractivity contribution in [1.82, 2.24) is 5.32 Å². The standard InChI is InChI=1S/C12H27NO2S/c1-7-10(2)8-16(14,15)9-11(13-6)12(3,4)5/h10-11,13H,7-9H2,1-6H3. The largest absolute Gasteiger partial charge is 0.315 e. The van der Waals surface area contributed by atoms with Crippen molar-refractivity contribution in [2.24, 2.45) is 11.3 Å². The van der Waals surface area contributed by atoms with E-state index >= 15 is 0 Å². The van der Waals surface area contributed by atoms with Crippen LogP contribution in [0.3, 0.4) is 0 Å². The van der Waals surface area contributed by atoms with Crippen molar-refractivity contribution in [3.63, 3.8) is 0 Å². The van der Waals surface area contributed by atoms with E-state index in [2.05, 4.69) is 26.1 Å². The van der Waals surface area contributed by atoms with E-state index in [1.165, 1.54) is 0 Å². The van der Waals surface area contributed by atoms with Gasteiger partial charge in [0.05, 0.1) is 11.5 Å². The van der Waals surface area contributed by atoms with E-state index in [1.807, 2.05) is 20.9 Å². The van der Waals surface area contributed by atoms with Crippen molar-refractivity contribution < 1.29 is 8.42 Å². The number of hydrogen-bond acceptors (Lipinski definition) is 3. The summed E-state index contributed by atoms with van der Waals surface area (Å²) in [5.74, 6) is 0.789. The molecular formula is C12H27NO2S. The summed E-state index contributed by atoms with van der Waals surface area (Å²) < 4.78 is 24.0. The Balaban J connectivity index is 4.57. The Morgan fingerprint density at radius 1 is 1.19 bits per heavy atom. The molecular weight excluding hydrogens is 222 g/mol. The zero-order chi connectivity index (χ0) is 13.0. The smallest absolute Gasteiger partial charge is 0.152 e. The van der Waals surface area contributed by atoms with E-state index in [4.69, 9.17) is 0 Å². The highest BCUT2D eigenvalue weighted by molar-refractivity contribution is 7.91. The van der Waals surface area contributed by atoms with E-state index in [9.17, 15) is 8.42 Å². The van der Waals surface area contributed by atoms with Crippen LogP contribution in [0.4, 0.5) is 0 Å². The Kier molecular flexibility index (Phi) is 5.98. The van der Waals surface area contributed by atoms with E-state index in [0.717, 1.165) is 6.42 Å². The number of sulfone groups is 1. The average molecular weight is 249 g/mol. The summed E-state index contributed by atoms with van der Waals surface area (Å²) in [6.45, 7) is 10.2. The van der Waals surface area contributed by atoms with Crippen LogP contribution < -0.4 is 5.32 Å². The molecule has 1 N–H and O–H groups in total. The monoisotopic (exact) mass is 249 g/mol. The molecule has 2 atom stereocenters. The van der Waals surface area contributed by atoms with Crippen molar-refractivity contribution in [2.45, 2.75) is 47.1 Å². The van der Waals surface area contributed by atoms with Gasteiger partial charge in [0.2, 0.25) is 0 Å². The number of rotatable bonds is 6. The molecule has 0 aromatic carbocycles. The minimum absolute atomic E-state index is 0.0153. The van der Waals surface area contributed by atoms with Crippen LogP contribution in [0.15, 0.2) is 0 Å². The quantitative estimate of drug-likeness (QED) is 0.784. The molecule has 0 aliphatic heterocycles. The highest BCUT2D eigenvalue weighted by Gasteiger charge is 2.28. The van der Waals surface area contributed by atoms with Crippen LogP contribution in [0.2, 0.25) is 0 Å². The fraction of sp³-hybridized carbons (Fsp3) is 1.00. The first kappa shape index (κ1) is 15.9. The normalized spacial score (nSPS) is 17.1. The van der Waals surface area contributed by atoms with Crippen LogP contribution in [-0.4, -0.2) is 33.0 Å². The molecule has 0 aromatic rings. The van der Waals surface area contributed by atoms with Crippen molar-refractivity contribution in [2.75, 3.05) is 18.6 Å². The van der Waals surface area contributed by atoms with Crippen molar-refractivity contribution in [3.8, 4) is 0 Å². The van der Waals surface area contributed by atoms with E-state index < -0.39 is 9.84 Å². The van der Waals surface area contributed by atoms with Gasteiger partial charge in [-0.2, -0.15) is 0 Å². The first-order chi connectivity index (χ1) is 7.12. The lowest BCUT2D eigenvalue weighted by atomic mass is 9.88. The maximum Gasteiger partial charge on any atom is 0.152 e. The molecule has 0 rings (SSSR count). The molecule has 0 heterocycles. The third-order valence-corrected chi connectivity index (χ3v) is 4.97. The minimum atomic E-state index is -2.95. The lowest BCUT2D eigenvalue weighted by molar-refractivity contribution is 0.302. The van der Waals surface area contributed by atoms with Gasteiger partial charge in [-0.15, -0.1) is 0 Å². The molecule has 4 heteroatoms. The van der Waals surface area contributed by atoms with Crippen molar-refractivity contribution in [1.29, 1.82) is 0 Å². The van der Waals surface area contributed by atoms with Gasteiger partial charge in [0.1, 0.15) is 0 Å². The molecule has 0 amide bonds. The summed E-state index contributed by atoms with van der Waals surface area (Å²) in [5.41, 5.74) is -0.0305. The molecule has 2 unspecified atom stereocenters. The first-order valence-electron chi connectivity index (χ1n) is 6.00. The van der Waals surface area contributed by atoms with Crippen molar-refractivity contribution in [3.05, 3.63) is 0 Å². The lowest BCUT2D eigenvalue weighted by Gasteiger charge is -2.30. The summed E-state index contributed by atoms with van der Waals surface area (Å²) in [6, 6.07) is 0.0153. The Morgan fingerprint density at radius 2 is 1.69 bits per heavy atom. The first-order valence-corrected chi connectivity index (χ1v) is 7.82. The predicted molar refractivity (Wildman–Crippen MR) is 70.4 cm³/mol. The van der Waals surface area contributed by atoms with Crippen molar-refractivity contribution >= 4 is 9.84 Å². The predicted octanol–water partition coefficient (Wildman–Crippen LogP) is 2.08. The third-order valence-electron chi connectivity index (χ3n) is 3.05. The fourth-order valence-corrected chi connectivity index (χ4v) is 4.05. The molecule has 0 aliphatic carbocycles. The molecule has 0 radical (unpaired) electrons. The van der Waals surface area contributed by atoms with E-state index in [-0.39, 0.29) is 23.1 Å². The second-order valence-electron chi connectivity index (χ2n) is 5.80. The van der Waals surface area contributed by atoms with E-state index in [0.29, 0.717) is 5.75 Å². The molecule has 98 valence electrons. The highest BCUT2D eigenvalue weighted by Crippen LogP contribution is 2.21. The molecule has 16 heavy (non-hydrogen) atoms. The highest BCUT2D eigenvalue weighted by atomic mass is 32.2. The molecule has 0 bridgehead atoms. The third kappa shape index (κ3) is 5.85. The van der Waals surface area contributed by atoms with Crippen LogP contribution >= 0.6 is 0 Å². The Labute approximate surface area is 101 Å². The van der Waals surface area contributed by atoms with Crippen LogP contribution in [-0.2, 0) is 9.84 Å². The zero-order valence-corrected chi connectivity index (χ0v) is 12.3. The van der Waals surface area contributed by atoms with Gasteiger partial charge in [0, 0.05) is 6.04 Å². The number of hydrogen-bond donors (Lipinski definition) is 1. The molecule has 0 aliphatic rings. The van der Waals surface area contributed by atoms with Gasteiger partial charge in [-0.05, 0) is 18.4 Å². The zero-order valence-electron chi connectivity index (χ0n) is 11.5. The molecule has 3 nitrogen and oxygen atoms in total. The molecule has 0 saturated heterocycles. The summed E-state index contributed by atoms with van der Waals surface area (Å²) in [4.78, 5) is 0. The average Bonchev–Trinajstić information content (AvgIpc) is 2.11. The summed E-state index contributed by atoms with van der Waals surface area (Å²) in [5, 5.41) is 3.11. The topological polar surface area (TPSA) is 46.2 Å². The van der Waals surface area contributed by atoms with E-state index in [1.54, 1.807) is 0 Å². The Bertz CT molecular complexity index is 291. The van der Waals surface area contributed by atoms with Crippen LogP contribution in [0.1, 0.15) is 41.0 Å². The Hall–Kier alpha value is -0.0900. The van der Waals surface area contributed by atoms with Gasteiger partial charge in [0.15, 0.2) is 9.84 Å². The van der Waals surface area contributed by atoms with Gasteiger partial charge < -0.3 is 5.32 Å². The van der Waals surface area contributed by atoms with Crippen LogP contribution in [0.25, 0.3) is 0 Å². The van der Waals surface area contributed by atoms with Crippen LogP contribution in [0.5, 0.6) is 0 Å². The molecule has 0 aromatic heterocycles. The summed E-state index contributed by atoms with van der Waals surface area (Å²) in [6.07, 6.45) is 0.916.